The number of carboxylic acids is 1. The lowest BCUT2D eigenvalue weighted by Crippen LogP contribution is -2.21. The second kappa shape index (κ2) is 40.4. The van der Waals surface area contributed by atoms with Crippen molar-refractivity contribution in [2.24, 2.45) is 0 Å². The largest absolute Gasteiger partial charge is 0.481 e. The van der Waals surface area contributed by atoms with Crippen molar-refractivity contribution in [1.82, 2.24) is 0 Å². The van der Waals surface area contributed by atoms with E-state index in [9.17, 15) is 9.59 Å². The van der Waals surface area contributed by atoms with Crippen LogP contribution >= 0.6 is 0 Å². The lowest BCUT2D eigenvalue weighted by atomic mass is 10.0. The van der Waals surface area contributed by atoms with Gasteiger partial charge in [0.15, 0.2) is 0 Å². The number of carboxylic acid groups (broad SMARTS) is 1. The van der Waals surface area contributed by atoms with E-state index < -0.39 is 12.1 Å². The molecule has 0 saturated heterocycles. The predicted octanol–water partition coefficient (Wildman–Crippen LogP) is 11.0. The smallest absolute Gasteiger partial charge is 0.305 e. The van der Waals surface area contributed by atoms with Gasteiger partial charge in [0.2, 0.25) is 0 Å². The number of carbonyl (C=O) groups is 2. The summed E-state index contributed by atoms with van der Waals surface area (Å²) in [5, 5.41) is 26.2. The minimum absolute atomic E-state index is 0.115. The van der Waals surface area contributed by atoms with Crippen LogP contribution in [-0.4, -0.2) is 46.6 Å². The van der Waals surface area contributed by atoms with Gasteiger partial charge in [-0.05, 0) is 44.9 Å². The first-order valence-electron chi connectivity index (χ1n) is 18.9. The van der Waals surface area contributed by atoms with E-state index in [1.807, 2.05) is 0 Å². The number of aliphatic carboxylic acids is 1. The van der Waals surface area contributed by atoms with Crippen molar-refractivity contribution in [3.8, 4) is 0 Å². The van der Waals surface area contributed by atoms with E-state index in [-0.39, 0.29) is 19.2 Å². The highest BCUT2D eigenvalue weighted by molar-refractivity contribution is 5.69. The molecule has 0 aromatic heterocycles. The Morgan fingerprint density at radius 1 is 0.556 bits per heavy atom. The van der Waals surface area contributed by atoms with Gasteiger partial charge in [0.1, 0.15) is 12.7 Å². The molecule has 6 heteroatoms. The fraction of sp³-hybridized carbons (Fsp3) is 0.846. The summed E-state index contributed by atoms with van der Waals surface area (Å²) in [5.41, 5.74) is 0. The molecule has 0 aliphatic carbocycles. The highest BCUT2D eigenvalue weighted by Gasteiger charge is 2.07. The highest BCUT2D eigenvalue weighted by Crippen LogP contribution is 2.14. The van der Waals surface area contributed by atoms with Crippen LogP contribution in [0.3, 0.4) is 0 Å². The molecule has 0 aromatic rings. The Hall–Kier alpha value is -1.66. The Balaban J connectivity index is 0. The van der Waals surface area contributed by atoms with Crippen molar-refractivity contribution in [2.45, 2.75) is 200 Å². The molecule has 0 spiro atoms. The summed E-state index contributed by atoms with van der Waals surface area (Å²) in [6.07, 6.45) is 41.3. The Labute approximate surface area is 278 Å². The van der Waals surface area contributed by atoms with Crippen LogP contribution in [0.25, 0.3) is 0 Å². The third-order valence-electron chi connectivity index (χ3n) is 7.97. The Bertz CT molecular complexity index is 660. The molecule has 0 amide bonds. The maximum absolute atomic E-state index is 11.4. The summed E-state index contributed by atoms with van der Waals surface area (Å²) in [4.78, 5) is 21.7. The molecule has 0 radical (unpaired) electrons. The monoisotopic (exact) mass is 639 g/mol. The van der Waals surface area contributed by atoms with Crippen molar-refractivity contribution >= 4 is 11.9 Å². The highest BCUT2D eigenvalue weighted by atomic mass is 16.5. The second-order valence-electron chi connectivity index (χ2n) is 12.6. The van der Waals surface area contributed by atoms with Crippen LogP contribution in [0.1, 0.15) is 194 Å². The zero-order chi connectivity index (χ0) is 33.5. The van der Waals surface area contributed by atoms with E-state index in [4.69, 9.17) is 20.1 Å². The van der Waals surface area contributed by atoms with Gasteiger partial charge in [-0.3, -0.25) is 9.59 Å². The fourth-order valence-electron chi connectivity index (χ4n) is 5.04. The number of carbonyl (C=O) groups excluding carboxylic acids is 1. The lowest BCUT2D eigenvalue weighted by molar-refractivity contribution is -0.147. The molecule has 6 nitrogen and oxygen atoms in total. The number of aliphatic hydroxyl groups is 2. The van der Waals surface area contributed by atoms with Crippen molar-refractivity contribution in [1.29, 1.82) is 0 Å². The van der Waals surface area contributed by atoms with Gasteiger partial charge in [0, 0.05) is 12.8 Å². The Morgan fingerprint density at radius 2 is 0.933 bits per heavy atom. The Kier molecular flexibility index (Phi) is 40.8. The zero-order valence-corrected chi connectivity index (χ0v) is 29.7. The van der Waals surface area contributed by atoms with Crippen molar-refractivity contribution in [3.63, 3.8) is 0 Å². The Morgan fingerprint density at radius 3 is 1.38 bits per heavy atom. The third kappa shape index (κ3) is 44.5. The van der Waals surface area contributed by atoms with Crippen LogP contribution < -0.4 is 0 Å². The maximum Gasteiger partial charge on any atom is 0.305 e. The fourth-order valence-corrected chi connectivity index (χ4v) is 5.04. The summed E-state index contributed by atoms with van der Waals surface area (Å²) in [6.45, 7) is 4.01. The number of unbranched alkanes of at least 4 members (excludes halogenated alkanes) is 22. The van der Waals surface area contributed by atoms with Crippen LogP contribution in [0.5, 0.6) is 0 Å². The van der Waals surface area contributed by atoms with Gasteiger partial charge < -0.3 is 20.1 Å². The van der Waals surface area contributed by atoms with E-state index in [2.05, 4.69) is 38.2 Å². The summed E-state index contributed by atoms with van der Waals surface area (Å²) in [5.74, 6) is -0.946. The third-order valence-corrected chi connectivity index (χ3v) is 7.97. The van der Waals surface area contributed by atoms with Gasteiger partial charge in [-0.1, -0.05) is 160 Å². The van der Waals surface area contributed by atoms with Gasteiger partial charge in [0.25, 0.3) is 0 Å². The number of hydrogen-bond acceptors (Lipinski definition) is 5. The van der Waals surface area contributed by atoms with E-state index >= 15 is 0 Å². The molecular formula is C39H74O6. The normalized spacial score (nSPS) is 12.0. The van der Waals surface area contributed by atoms with E-state index in [1.165, 1.54) is 122 Å². The molecule has 0 aliphatic heterocycles. The molecule has 1 atom stereocenters. The van der Waals surface area contributed by atoms with E-state index in [0.29, 0.717) is 12.8 Å². The average Bonchev–Trinajstić information content (AvgIpc) is 3.03. The number of rotatable bonds is 33. The quantitative estimate of drug-likeness (QED) is 0.0375. The van der Waals surface area contributed by atoms with Crippen molar-refractivity contribution in [3.05, 3.63) is 24.3 Å². The second-order valence-corrected chi connectivity index (χ2v) is 12.6. The van der Waals surface area contributed by atoms with Gasteiger partial charge in [-0.15, -0.1) is 0 Å². The van der Waals surface area contributed by atoms with E-state index in [1.54, 1.807) is 0 Å². The molecule has 0 aliphatic rings. The minimum atomic E-state index is -0.964. The molecular weight excluding hydrogens is 564 g/mol. The van der Waals surface area contributed by atoms with Gasteiger partial charge in [-0.25, -0.2) is 0 Å². The van der Waals surface area contributed by atoms with Gasteiger partial charge >= 0.3 is 11.9 Å². The summed E-state index contributed by atoms with van der Waals surface area (Å²) in [7, 11) is 0. The van der Waals surface area contributed by atoms with Crippen molar-refractivity contribution in [2.75, 3.05) is 13.2 Å². The molecule has 0 heterocycles. The number of esters is 1. The first-order chi connectivity index (χ1) is 22.0. The van der Waals surface area contributed by atoms with Crippen LogP contribution in [0.2, 0.25) is 0 Å². The number of aliphatic hydroxyl groups excluding tert-OH is 2. The summed E-state index contributed by atoms with van der Waals surface area (Å²) < 4.78 is 4.85. The summed E-state index contributed by atoms with van der Waals surface area (Å²) in [6, 6.07) is 0. The average molecular weight is 639 g/mol. The van der Waals surface area contributed by atoms with Crippen LogP contribution in [0, 0.1) is 0 Å². The molecule has 1 unspecified atom stereocenters. The lowest BCUT2D eigenvalue weighted by Gasteiger charge is -2.08. The molecule has 0 rings (SSSR count). The number of ether oxygens (including phenoxy) is 1. The molecule has 0 aromatic carbocycles. The van der Waals surface area contributed by atoms with Gasteiger partial charge in [0.05, 0.1) is 6.61 Å². The first kappa shape index (κ1) is 45.5. The zero-order valence-electron chi connectivity index (χ0n) is 29.7. The van der Waals surface area contributed by atoms with Crippen LogP contribution in [-0.2, 0) is 14.3 Å². The molecule has 0 saturated carbocycles. The first-order valence-corrected chi connectivity index (χ1v) is 18.9. The molecule has 0 bridgehead atoms. The standard InChI is InChI=1S/C21H38O4.C18H36O2/c1-2-3-4-5-6-7-8-9-10-11-12-13-14-15-16-17-21(24)25-19-20(23)18-22;1-2-3-4-5-6-7-8-9-10-11-12-13-14-15-16-17-18(19)20/h6-7,9-10,20,22-23H,2-5,8,11-19H2,1H3;2-17H2,1H3,(H,19,20)/b7-6-,10-9-;. The molecule has 0 fully saturated rings. The molecule has 266 valence electrons. The minimum Gasteiger partial charge on any atom is -0.481 e. The maximum atomic E-state index is 11.4. The molecule has 3 N–H and O–H groups in total. The number of allylic oxidation sites excluding steroid dienone is 4. The van der Waals surface area contributed by atoms with Gasteiger partial charge in [-0.2, -0.15) is 0 Å². The van der Waals surface area contributed by atoms with E-state index in [0.717, 1.165) is 44.9 Å². The SMILES string of the molecule is CCCCC/C=C\C/C=C\CCCCCCCC(=O)OCC(O)CO.CCCCCCCCCCCCCCCCCC(=O)O. The number of hydrogen-bond donors (Lipinski definition) is 3. The van der Waals surface area contributed by atoms with Crippen LogP contribution in [0.4, 0.5) is 0 Å². The molecule has 45 heavy (non-hydrogen) atoms. The van der Waals surface area contributed by atoms with Crippen LogP contribution in [0.15, 0.2) is 24.3 Å². The van der Waals surface area contributed by atoms with Crippen molar-refractivity contribution < 1.29 is 29.6 Å². The predicted molar refractivity (Wildman–Crippen MR) is 191 cm³/mol. The topological polar surface area (TPSA) is 104 Å². The summed E-state index contributed by atoms with van der Waals surface area (Å²) >= 11 is 0.